The average molecular weight is 244 g/mol. The first-order valence-electron chi connectivity index (χ1n) is 6.78. The molecule has 1 spiro atoms. The summed E-state index contributed by atoms with van der Waals surface area (Å²) in [5.41, 5.74) is 2.48. The third kappa shape index (κ3) is 1.65. The van der Waals surface area contributed by atoms with Crippen molar-refractivity contribution in [3.8, 4) is 0 Å². The van der Waals surface area contributed by atoms with Gasteiger partial charge in [-0.1, -0.05) is 24.3 Å². The third-order valence-corrected chi connectivity index (χ3v) is 4.65. The molecule has 0 aromatic heterocycles. The van der Waals surface area contributed by atoms with E-state index in [1.165, 1.54) is 11.1 Å². The zero-order valence-corrected chi connectivity index (χ0v) is 10.8. The van der Waals surface area contributed by atoms with E-state index in [0.29, 0.717) is 5.92 Å². The SMILES string of the molecule is Cc1ccccc1C1CNC(=O)C12CCNCC2. The van der Waals surface area contributed by atoms with Crippen LogP contribution < -0.4 is 10.6 Å². The Balaban J connectivity index is 2.01. The van der Waals surface area contributed by atoms with Gasteiger partial charge in [-0.3, -0.25) is 4.79 Å². The molecule has 96 valence electrons. The normalized spacial score (nSPS) is 26.3. The Labute approximate surface area is 108 Å². The van der Waals surface area contributed by atoms with Crippen molar-refractivity contribution in [2.45, 2.75) is 25.7 Å². The fourth-order valence-corrected chi connectivity index (χ4v) is 3.56. The first kappa shape index (κ1) is 11.7. The van der Waals surface area contributed by atoms with Crippen molar-refractivity contribution in [1.82, 2.24) is 10.6 Å². The van der Waals surface area contributed by atoms with Gasteiger partial charge >= 0.3 is 0 Å². The first-order chi connectivity index (χ1) is 8.74. The van der Waals surface area contributed by atoms with Crippen molar-refractivity contribution < 1.29 is 4.79 Å². The second-order valence-electron chi connectivity index (χ2n) is 5.53. The van der Waals surface area contributed by atoms with E-state index in [1.54, 1.807) is 0 Å². The molecule has 0 saturated carbocycles. The number of benzene rings is 1. The molecular formula is C15H20N2O. The summed E-state index contributed by atoms with van der Waals surface area (Å²) in [7, 11) is 0. The fourth-order valence-electron chi connectivity index (χ4n) is 3.56. The summed E-state index contributed by atoms with van der Waals surface area (Å²) in [5.74, 6) is 0.602. The molecule has 1 aromatic rings. The van der Waals surface area contributed by atoms with E-state index in [2.05, 4.69) is 41.8 Å². The molecule has 2 heterocycles. The number of aryl methyl sites for hydroxylation is 1. The van der Waals surface area contributed by atoms with E-state index in [-0.39, 0.29) is 11.3 Å². The molecule has 3 nitrogen and oxygen atoms in total. The van der Waals surface area contributed by atoms with Gasteiger partial charge in [0.15, 0.2) is 0 Å². The topological polar surface area (TPSA) is 41.1 Å². The highest BCUT2D eigenvalue weighted by molar-refractivity contribution is 5.86. The Hall–Kier alpha value is -1.35. The lowest BCUT2D eigenvalue weighted by atomic mass is 9.67. The van der Waals surface area contributed by atoms with Crippen LogP contribution in [0.4, 0.5) is 0 Å². The van der Waals surface area contributed by atoms with Crippen LogP contribution in [0.1, 0.15) is 29.9 Å². The van der Waals surface area contributed by atoms with Gasteiger partial charge in [-0.2, -0.15) is 0 Å². The van der Waals surface area contributed by atoms with Gasteiger partial charge in [0.25, 0.3) is 0 Å². The van der Waals surface area contributed by atoms with Crippen LogP contribution in [0, 0.1) is 12.3 Å². The Morgan fingerprint density at radius 3 is 2.67 bits per heavy atom. The number of piperidine rings is 1. The lowest BCUT2D eigenvalue weighted by molar-refractivity contribution is -0.129. The Kier molecular flexibility index (Phi) is 2.86. The highest BCUT2D eigenvalue weighted by Gasteiger charge is 2.51. The molecule has 1 atom stereocenters. The monoisotopic (exact) mass is 244 g/mol. The summed E-state index contributed by atoms with van der Waals surface area (Å²) < 4.78 is 0. The van der Waals surface area contributed by atoms with Crippen molar-refractivity contribution in [3.05, 3.63) is 35.4 Å². The standard InChI is InChI=1S/C15H20N2O/c1-11-4-2-3-5-12(11)13-10-17-14(18)15(13)6-8-16-9-7-15/h2-5,13,16H,6-10H2,1H3,(H,17,18). The van der Waals surface area contributed by atoms with E-state index >= 15 is 0 Å². The molecule has 1 aromatic carbocycles. The number of rotatable bonds is 1. The summed E-state index contributed by atoms with van der Waals surface area (Å²) in [5, 5.41) is 6.45. The Morgan fingerprint density at radius 2 is 1.94 bits per heavy atom. The molecule has 2 aliphatic rings. The highest BCUT2D eigenvalue weighted by Crippen LogP contribution is 2.47. The maximum atomic E-state index is 12.3. The molecule has 3 rings (SSSR count). The Bertz CT molecular complexity index is 463. The number of nitrogens with one attached hydrogen (secondary N) is 2. The molecular weight excluding hydrogens is 224 g/mol. The van der Waals surface area contributed by atoms with Crippen molar-refractivity contribution in [2.75, 3.05) is 19.6 Å². The largest absolute Gasteiger partial charge is 0.355 e. The van der Waals surface area contributed by atoms with E-state index < -0.39 is 0 Å². The summed E-state index contributed by atoms with van der Waals surface area (Å²) in [4.78, 5) is 12.3. The van der Waals surface area contributed by atoms with Gasteiger partial charge in [-0.05, 0) is 44.0 Å². The summed E-state index contributed by atoms with van der Waals surface area (Å²) in [6.45, 7) is 4.85. The number of carbonyl (C=O) groups excluding carboxylic acids is 1. The van der Waals surface area contributed by atoms with Gasteiger partial charge in [-0.25, -0.2) is 0 Å². The van der Waals surface area contributed by atoms with Crippen LogP contribution in [-0.4, -0.2) is 25.5 Å². The van der Waals surface area contributed by atoms with Crippen LogP contribution in [0.5, 0.6) is 0 Å². The molecule has 0 radical (unpaired) electrons. The van der Waals surface area contributed by atoms with Crippen LogP contribution in [0.25, 0.3) is 0 Å². The zero-order valence-electron chi connectivity index (χ0n) is 10.8. The van der Waals surface area contributed by atoms with Crippen LogP contribution in [0.2, 0.25) is 0 Å². The van der Waals surface area contributed by atoms with Gasteiger partial charge in [0.1, 0.15) is 0 Å². The van der Waals surface area contributed by atoms with Crippen LogP contribution in [-0.2, 0) is 4.79 Å². The van der Waals surface area contributed by atoms with E-state index in [4.69, 9.17) is 0 Å². The van der Waals surface area contributed by atoms with Crippen molar-refractivity contribution in [2.24, 2.45) is 5.41 Å². The molecule has 1 amide bonds. The van der Waals surface area contributed by atoms with Gasteiger partial charge in [0, 0.05) is 12.5 Å². The molecule has 2 saturated heterocycles. The molecule has 0 bridgehead atoms. The summed E-state index contributed by atoms with van der Waals surface area (Å²) >= 11 is 0. The lowest BCUT2D eigenvalue weighted by Gasteiger charge is -2.37. The van der Waals surface area contributed by atoms with E-state index in [0.717, 1.165) is 32.5 Å². The number of hydrogen-bond acceptors (Lipinski definition) is 2. The van der Waals surface area contributed by atoms with Gasteiger partial charge < -0.3 is 10.6 Å². The number of amides is 1. The second-order valence-corrected chi connectivity index (χ2v) is 5.53. The quantitative estimate of drug-likeness (QED) is 0.787. The van der Waals surface area contributed by atoms with Gasteiger partial charge in [0.05, 0.1) is 5.41 Å². The maximum Gasteiger partial charge on any atom is 0.227 e. The lowest BCUT2D eigenvalue weighted by Crippen LogP contribution is -2.44. The minimum Gasteiger partial charge on any atom is -0.355 e. The van der Waals surface area contributed by atoms with Crippen LogP contribution in [0.3, 0.4) is 0 Å². The minimum absolute atomic E-state index is 0.169. The Morgan fingerprint density at radius 1 is 1.22 bits per heavy atom. The molecule has 18 heavy (non-hydrogen) atoms. The molecule has 0 aliphatic carbocycles. The predicted molar refractivity (Wildman–Crippen MR) is 71.5 cm³/mol. The smallest absolute Gasteiger partial charge is 0.227 e. The molecule has 2 fully saturated rings. The summed E-state index contributed by atoms with van der Waals surface area (Å²) in [6.07, 6.45) is 1.91. The molecule has 2 N–H and O–H groups in total. The predicted octanol–water partition coefficient (Wildman–Crippen LogP) is 1.58. The molecule has 3 heteroatoms. The van der Waals surface area contributed by atoms with Gasteiger partial charge in [0.2, 0.25) is 5.91 Å². The molecule has 2 aliphatic heterocycles. The average Bonchev–Trinajstić information content (AvgIpc) is 2.69. The molecule has 1 unspecified atom stereocenters. The van der Waals surface area contributed by atoms with Gasteiger partial charge in [-0.15, -0.1) is 0 Å². The fraction of sp³-hybridized carbons (Fsp3) is 0.533. The van der Waals surface area contributed by atoms with Crippen LogP contribution >= 0.6 is 0 Å². The summed E-state index contributed by atoms with van der Waals surface area (Å²) in [6, 6.07) is 8.48. The second kappa shape index (κ2) is 4.39. The number of carbonyl (C=O) groups is 1. The highest BCUT2D eigenvalue weighted by atomic mass is 16.2. The van der Waals surface area contributed by atoms with Crippen LogP contribution in [0.15, 0.2) is 24.3 Å². The van der Waals surface area contributed by atoms with Crippen molar-refractivity contribution >= 4 is 5.91 Å². The maximum absolute atomic E-state index is 12.3. The third-order valence-electron chi connectivity index (χ3n) is 4.65. The van der Waals surface area contributed by atoms with Crippen molar-refractivity contribution in [1.29, 1.82) is 0 Å². The van der Waals surface area contributed by atoms with Crippen molar-refractivity contribution in [3.63, 3.8) is 0 Å². The number of hydrogen-bond donors (Lipinski definition) is 2. The van der Waals surface area contributed by atoms with E-state index in [1.807, 2.05) is 0 Å². The van der Waals surface area contributed by atoms with E-state index in [9.17, 15) is 4.79 Å². The first-order valence-corrected chi connectivity index (χ1v) is 6.78. The minimum atomic E-state index is -0.169. The zero-order chi connectivity index (χ0) is 12.6.